The Morgan fingerprint density at radius 3 is 2.28 bits per heavy atom. The summed E-state index contributed by atoms with van der Waals surface area (Å²) in [5, 5.41) is 24.4. The van der Waals surface area contributed by atoms with E-state index in [2.05, 4.69) is 28.2 Å². The van der Waals surface area contributed by atoms with Gasteiger partial charge in [-0.2, -0.15) is 0 Å². The lowest BCUT2D eigenvalue weighted by atomic mass is 10.1. The van der Waals surface area contributed by atoms with Gasteiger partial charge in [-0.1, -0.05) is 43.7 Å². The average Bonchev–Trinajstić information content (AvgIpc) is 2.91. The van der Waals surface area contributed by atoms with E-state index in [1.54, 1.807) is 53.4 Å². The summed E-state index contributed by atoms with van der Waals surface area (Å²) in [6.45, 7) is 2.38. The molecular weight excluding hydrogens is 458 g/mol. The molecule has 0 bridgehead atoms. The van der Waals surface area contributed by atoms with Crippen molar-refractivity contribution in [2.45, 2.75) is 32.7 Å². The quantitative estimate of drug-likeness (QED) is 0.0982. The minimum atomic E-state index is -0.547. The van der Waals surface area contributed by atoms with E-state index in [1.165, 1.54) is 5.56 Å². The van der Waals surface area contributed by atoms with Gasteiger partial charge in [-0.05, 0) is 66.4 Å². The first-order chi connectivity index (χ1) is 17.4. The molecule has 36 heavy (non-hydrogen) atoms. The van der Waals surface area contributed by atoms with Crippen molar-refractivity contribution in [1.82, 2.24) is 5.32 Å². The zero-order valence-corrected chi connectivity index (χ0v) is 19.9. The Labute approximate surface area is 209 Å². The topological polar surface area (TPSA) is 154 Å². The lowest BCUT2D eigenvalue weighted by Crippen LogP contribution is -2.34. The monoisotopic (exact) mass is 487 g/mol. The van der Waals surface area contributed by atoms with Crippen LogP contribution in [-0.4, -0.2) is 23.1 Å². The van der Waals surface area contributed by atoms with Crippen LogP contribution in [0.25, 0.3) is 0 Å². The standard InChI is InChI=1S/C26H29N7O3/c1-2-3-5-18-10-14-23(15-11-18)33(26(35)29-21-6-4-7-22(16-21)32-36)17-19-8-12-20(13-9-19)24(34)30-25(27)31-28/h4,6-16,28,32,36H,2-3,5,17H2,1H3,(H,29,35)(H2,27,30,34). The van der Waals surface area contributed by atoms with Gasteiger partial charge < -0.3 is 5.32 Å². The Morgan fingerprint density at radius 2 is 1.64 bits per heavy atom. The van der Waals surface area contributed by atoms with Crippen molar-refractivity contribution in [2.24, 2.45) is 5.11 Å². The molecule has 10 nitrogen and oxygen atoms in total. The highest BCUT2D eigenvalue weighted by molar-refractivity contribution is 6.05. The molecule has 0 aliphatic heterocycles. The van der Waals surface area contributed by atoms with Crippen LogP contribution in [0.1, 0.15) is 41.3 Å². The largest absolute Gasteiger partial charge is 0.326 e. The van der Waals surface area contributed by atoms with Crippen molar-refractivity contribution in [3.8, 4) is 0 Å². The number of aryl methyl sites for hydroxylation is 1. The first kappa shape index (κ1) is 26.0. The van der Waals surface area contributed by atoms with Crippen LogP contribution in [0, 0.1) is 10.9 Å². The van der Waals surface area contributed by atoms with Gasteiger partial charge in [-0.25, -0.2) is 10.3 Å². The number of anilines is 3. The second-order valence-electron chi connectivity index (χ2n) is 8.09. The van der Waals surface area contributed by atoms with Crippen LogP contribution in [0.4, 0.5) is 21.9 Å². The number of carbonyl (C=O) groups excluding carboxylic acids is 2. The maximum atomic E-state index is 13.3. The van der Waals surface area contributed by atoms with E-state index in [4.69, 9.17) is 16.1 Å². The van der Waals surface area contributed by atoms with E-state index in [9.17, 15) is 9.59 Å². The molecule has 0 saturated heterocycles. The van der Waals surface area contributed by atoms with Gasteiger partial charge in [-0.3, -0.25) is 31.1 Å². The van der Waals surface area contributed by atoms with Crippen LogP contribution in [-0.2, 0) is 13.0 Å². The summed E-state index contributed by atoms with van der Waals surface area (Å²) in [4.78, 5) is 27.1. The number of hydrogen-bond donors (Lipinski definition) is 6. The van der Waals surface area contributed by atoms with Crippen LogP contribution < -0.4 is 21.0 Å². The Bertz CT molecular complexity index is 1210. The van der Waals surface area contributed by atoms with Crippen molar-refractivity contribution in [3.63, 3.8) is 0 Å². The molecule has 0 aromatic heterocycles. The lowest BCUT2D eigenvalue weighted by molar-refractivity contribution is 0.0976. The zero-order valence-electron chi connectivity index (χ0n) is 19.9. The van der Waals surface area contributed by atoms with Gasteiger partial charge in [0, 0.05) is 16.9 Å². The summed E-state index contributed by atoms with van der Waals surface area (Å²) in [6, 6.07) is 20.8. The Balaban J connectivity index is 1.82. The highest BCUT2D eigenvalue weighted by atomic mass is 16.5. The molecule has 0 fully saturated rings. The SMILES string of the molecule is CCCCc1ccc(N(Cc2ccc(C(=O)NC(=N)N=N)cc2)C(=O)Nc2cccc(NO)c2)cc1. The zero-order chi connectivity index (χ0) is 25.9. The molecule has 3 amide bonds. The highest BCUT2D eigenvalue weighted by Crippen LogP contribution is 2.22. The van der Waals surface area contributed by atoms with Crippen molar-refractivity contribution >= 4 is 35.0 Å². The van der Waals surface area contributed by atoms with Crippen molar-refractivity contribution in [3.05, 3.63) is 89.5 Å². The molecule has 0 heterocycles. The van der Waals surface area contributed by atoms with E-state index in [1.807, 2.05) is 24.3 Å². The molecule has 0 atom stereocenters. The number of carbonyl (C=O) groups is 2. The number of hydrogen-bond acceptors (Lipinski definition) is 6. The molecule has 3 aromatic rings. The molecule has 0 radical (unpaired) electrons. The normalized spacial score (nSPS) is 10.3. The van der Waals surface area contributed by atoms with Crippen molar-refractivity contribution in [2.75, 3.05) is 15.7 Å². The lowest BCUT2D eigenvalue weighted by Gasteiger charge is -2.24. The smallest absolute Gasteiger partial charge is 0.307 e. The van der Waals surface area contributed by atoms with Gasteiger partial charge in [0.15, 0.2) is 0 Å². The van der Waals surface area contributed by atoms with E-state index < -0.39 is 11.9 Å². The van der Waals surface area contributed by atoms with Gasteiger partial charge in [0.05, 0.1) is 12.2 Å². The maximum Gasteiger partial charge on any atom is 0.326 e. The van der Waals surface area contributed by atoms with Crippen LogP contribution in [0.2, 0.25) is 0 Å². The molecule has 0 aliphatic rings. The van der Waals surface area contributed by atoms with Gasteiger partial charge >= 0.3 is 6.03 Å². The number of nitrogens with zero attached hydrogens (tertiary/aromatic N) is 2. The number of benzene rings is 3. The third-order valence-electron chi connectivity index (χ3n) is 5.46. The molecule has 3 aromatic carbocycles. The summed E-state index contributed by atoms with van der Waals surface area (Å²) in [6.07, 6.45) is 3.16. The maximum absolute atomic E-state index is 13.3. The molecule has 0 unspecified atom stereocenters. The Kier molecular flexibility index (Phi) is 9.24. The summed E-state index contributed by atoms with van der Waals surface area (Å²) < 4.78 is 0. The molecule has 186 valence electrons. The van der Waals surface area contributed by atoms with Crippen LogP contribution in [0.15, 0.2) is 77.9 Å². The van der Waals surface area contributed by atoms with E-state index in [0.717, 1.165) is 24.8 Å². The minimum absolute atomic E-state index is 0.234. The van der Waals surface area contributed by atoms with Crippen LogP contribution in [0.5, 0.6) is 0 Å². The van der Waals surface area contributed by atoms with Gasteiger partial charge in [0.25, 0.3) is 5.91 Å². The summed E-state index contributed by atoms with van der Waals surface area (Å²) in [5.41, 5.74) is 12.8. The molecule has 0 spiro atoms. The number of amides is 3. The van der Waals surface area contributed by atoms with Gasteiger partial charge in [0.2, 0.25) is 5.96 Å². The predicted molar refractivity (Wildman–Crippen MR) is 139 cm³/mol. The van der Waals surface area contributed by atoms with E-state index in [-0.39, 0.29) is 12.6 Å². The van der Waals surface area contributed by atoms with E-state index in [0.29, 0.717) is 22.6 Å². The van der Waals surface area contributed by atoms with Crippen LogP contribution in [0.3, 0.4) is 0 Å². The molecule has 10 heteroatoms. The van der Waals surface area contributed by atoms with Crippen LogP contribution >= 0.6 is 0 Å². The highest BCUT2D eigenvalue weighted by Gasteiger charge is 2.18. The Morgan fingerprint density at radius 1 is 0.972 bits per heavy atom. The van der Waals surface area contributed by atoms with Gasteiger partial charge in [0.1, 0.15) is 0 Å². The molecule has 6 N–H and O–H groups in total. The fourth-order valence-corrected chi connectivity index (χ4v) is 3.51. The summed E-state index contributed by atoms with van der Waals surface area (Å²) in [7, 11) is 0. The first-order valence-electron chi connectivity index (χ1n) is 11.5. The van der Waals surface area contributed by atoms with E-state index >= 15 is 0 Å². The minimum Gasteiger partial charge on any atom is -0.307 e. The van der Waals surface area contributed by atoms with Gasteiger partial charge in [-0.15, -0.1) is 5.11 Å². The van der Waals surface area contributed by atoms with Crippen molar-refractivity contribution in [1.29, 1.82) is 10.9 Å². The molecule has 0 aliphatic carbocycles. The molecular formula is C26H29N7O3. The average molecular weight is 488 g/mol. The summed E-state index contributed by atoms with van der Waals surface area (Å²) in [5.74, 6) is -1.09. The molecule has 0 saturated carbocycles. The fourth-order valence-electron chi connectivity index (χ4n) is 3.51. The number of guanidine groups is 1. The molecule has 3 rings (SSSR count). The third kappa shape index (κ3) is 7.21. The third-order valence-corrected chi connectivity index (χ3v) is 5.46. The Hall–Kier alpha value is -4.57. The number of urea groups is 1. The summed E-state index contributed by atoms with van der Waals surface area (Å²) >= 11 is 0. The predicted octanol–water partition coefficient (Wildman–Crippen LogP) is 5.76. The second-order valence-corrected chi connectivity index (χ2v) is 8.09. The fraction of sp³-hybridized carbons (Fsp3) is 0.192. The second kappa shape index (κ2) is 12.8. The number of unbranched alkanes of at least 4 members (excludes halogenated alkanes) is 1. The number of rotatable bonds is 9. The number of nitrogens with one attached hydrogen (secondary N) is 5. The first-order valence-corrected chi connectivity index (χ1v) is 11.5. The van der Waals surface area contributed by atoms with Crippen molar-refractivity contribution < 1.29 is 14.8 Å².